The number of ether oxygens (including phenoxy) is 2. The fraction of sp³-hybridized carbons (Fsp3) is 0.167. The van der Waals surface area contributed by atoms with Crippen molar-refractivity contribution in [2.75, 3.05) is 13.7 Å². The molecule has 3 aromatic carbocycles. The molecule has 0 bridgehead atoms. The molecule has 0 saturated carbocycles. The van der Waals surface area contributed by atoms with Gasteiger partial charge in [-0.1, -0.05) is 41.0 Å². The van der Waals surface area contributed by atoms with Crippen LogP contribution in [0.3, 0.4) is 0 Å². The standard InChI is InChI=1S/C24H21Cl2N3O2S/c1-3-31-20-11-7-18(8-12-20)29-23(17-5-9-19(30-2)10-6-17)27-28-24(29)32-15-16-4-13-21(25)22(26)14-16/h4-14H,3,15H2,1-2H3. The van der Waals surface area contributed by atoms with Crippen molar-refractivity contribution in [3.8, 4) is 28.6 Å². The second-order valence-corrected chi connectivity index (χ2v) is 8.59. The van der Waals surface area contributed by atoms with E-state index in [9.17, 15) is 0 Å². The Kier molecular flexibility index (Phi) is 7.25. The molecule has 0 aliphatic carbocycles. The number of benzene rings is 3. The minimum Gasteiger partial charge on any atom is -0.497 e. The lowest BCUT2D eigenvalue weighted by atomic mass is 10.2. The summed E-state index contributed by atoms with van der Waals surface area (Å²) in [5, 5.41) is 10.8. The predicted octanol–water partition coefficient (Wildman–Crippen LogP) is 6.94. The lowest BCUT2D eigenvalue weighted by Gasteiger charge is -2.12. The molecule has 32 heavy (non-hydrogen) atoms. The molecule has 1 heterocycles. The average molecular weight is 486 g/mol. The first-order chi connectivity index (χ1) is 15.6. The largest absolute Gasteiger partial charge is 0.497 e. The molecule has 0 spiro atoms. The first-order valence-electron chi connectivity index (χ1n) is 9.99. The molecule has 0 fully saturated rings. The monoisotopic (exact) mass is 485 g/mol. The molecule has 0 atom stereocenters. The third-order valence-electron chi connectivity index (χ3n) is 4.74. The maximum Gasteiger partial charge on any atom is 0.196 e. The predicted molar refractivity (Wildman–Crippen MR) is 131 cm³/mol. The summed E-state index contributed by atoms with van der Waals surface area (Å²) in [4.78, 5) is 0. The zero-order valence-electron chi connectivity index (χ0n) is 17.6. The van der Waals surface area contributed by atoms with E-state index < -0.39 is 0 Å². The molecule has 0 amide bonds. The van der Waals surface area contributed by atoms with Gasteiger partial charge in [-0.05, 0) is 73.2 Å². The molecule has 0 radical (unpaired) electrons. The molecule has 1 aromatic heterocycles. The Morgan fingerprint density at radius 2 is 1.59 bits per heavy atom. The quantitative estimate of drug-likeness (QED) is 0.253. The van der Waals surface area contributed by atoms with Crippen molar-refractivity contribution < 1.29 is 9.47 Å². The van der Waals surface area contributed by atoms with Crippen LogP contribution in [0, 0.1) is 0 Å². The van der Waals surface area contributed by atoms with E-state index in [4.69, 9.17) is 32.7 Å². The van der Waals surface area contributed by atoms with Gasteiger partial charge < -0.3 is 9.47 Å². The van der Waals surface area contributed by atoms with Crippen LogP contribution in [0.5, 0.6) is 11.5 Å². The molecular formula is C24H21Cl2N3O2S. The highest BCUT2D eigenvalue weighted by Gasteiger charge is 2.17. The smallest absolute Gasteiger partial charge is 0.196 e. The van der Waals surface area contributed by atoms with Crippen LogP contribution in [0.2, 0.25) is 10.0 Å². The van der Waals surface area contributed by atoms with E-state index in [1.54, 1.807) is 24.9 Å². The van der Waals surface area contributed by atoms with Crippen LogP contribution < -0.4 is 9.47 Å². The third kappa shape index (κ3) is 5.04. The number of hydrogen-bond acceptors (Lipinski definition) is 5. The summed E-state index contributed by atoms with van der Waals surface area (Å²) in [5.74, 6) is 3.03. The Bertz CT molecular complexity index is 1200. The van der Waals surface area contributed by atoms with Gasteiger partial charge in [0.05, 0.1) is 23.8 Å². The van der Waals surface area contributed by atoms with Crippen LogP contribution in [0.4, 0.5) is 0 Å². The number of halogens is 2. The SMILES string of the molecule is CCOc1ccc(-n2c(SCc3ccc(Cl)c(Cl)c3)nnc2-c2ccc(OC)cc2)cc1. The Balaban J connectivity index is 1.70. The fourth-order valence-corrected chi connectivity index (χ4v) is 4.37. The minimum atomic E-state index is 0.539. The molecule has 0 saturated heterocycles. The molecule has 0 aliphatic rings. The van der Waals surface area contributed by atoms with E-state index >= 15 is 0 Å². The Hall–Kier alpha value is -2.67. The molecule has 8 heteroatoms. The number of rotatable bonds is 8. The molecule has 5 nitrogen and oxygen atoms in total. The summed E-state index contributed by atoms with van der Waals surface area (Å²) in [7, 11) is 1.65. The van der Waals surface area contributed by atoms with Gasteiger partial charge in [0.15, 0.2) is 11.0 Å². The highest BCUT2D eigenvalue weighted by atomic mass is 35.5. The van der Waals surface area contributed by atoms with Crippen molar-refractivity contribution in [2.45, 2.75) is 17.8 Å². The van der Waals surface area contributed by atoms with Crippen LogP contribution in [0.15, 0.2) is 71.9 Å². The van der Waals surface area contributed by atoms with Crippen molar-refractivity contribution in [3.05, 3.63) is 82.3 Å². The zero-order valence-corrected chi connectivity index (χ0v) is 19.9. The normalized spacial score (nSPS) is 10.9. The maximum atomic E-state index is 6.18. The number of methoxy groups -OCH3 is 1. The van der Waals surface area contributed by atoms with Gasteiger partial charge in [-0.25, -0.2) is 0 Å². The van der Waals surface area contributed by atoms with Crippen LogP contribution in [0.25, 0.3) is 17.1 Å². The Labute approximate surface area is 201 Å². The van der Waals surface area contributed by atoms with Crippen LogP contribution in [-0.4, -0.2) is 28.5 Å². The first-order valence-corrected chi connectivity index (χ1v) is 11.7. The van der Waals surface area contributed by atoms with Crippen molar-refractivity contribution in [1.82, 2.24) is 14.8 Å². The maximum absolute atomic E-state index is 6.18. The third-order valence-corrected chi connectivity index (χ3v) is 6.48. The van der Waals surface area contributed by atoms with Crippen molar-refractivity contribution in [3.63, 3.8) is 0 Å². The summed E-state index contributed by atoms with van der Waals surface area (Å²) >= 11 is 13.8. The van der Waals surface area contributed by atoms with Crippen molar-refractivity contribution in [2.24, 2.45) is 0 Å². The molecular weight excluding hydrogens is 465 g/mol. The number of aromatic nitrogens is 3. The molecule has 164 valence electrons. The highest BCUT2D eigenvalue weighted by Crippen LogP contribution is 2.32. The van der Waals surface area contributed by atoms with E-state index in [-0.39, 0.29) is 0 Å². The van der Waals surface area contributed by atoms with E-state index in [0.717, 1.165) is 39.3 Å². The minimum absolute atomic E-state index is 0.539. The van der Waals surface area contributed by atoms with E-state index in [1.165, 1.54) is 0 Å². The van der Waals surface area contributed by atoms with Gasteiger partial charge in [0.25, 0.3) is 0 Å². The topological polar surface area (TPSA) is 49.2 Å². The summed E-state index contributed by atoms with van der Waals surface area (Å²) in [6.07, 6.45) is 0. The van der Waals surface area contributed by atoms with E-state index in [2.05, 4.69) is 10.2 Å². The van der Waals surface area contributed by atoms with Gasteiger partial charge >= 0.3 is 0 Å². The van der Waals surface area contributed by atoms with Gasteiger partial charge in [0.1, 0.15) is 11.5 Å². The summed E-state index contributed by atoms with van der Waals surface area (Å²) in [6.45, 7) is 2.58. The van der Waals surface area contributed by atoms with Gasteiger partial charge in [0.2, 0.25) is 0 Å². The molecule has 0 aliphatic heterocycles. The lowest BCUT2D eigenvalue weighted by Crippen LogP contribution is -2.00. The van der Waals surface area contributed by atoms with Crippen LogP contribution in [-0.2, 0) is 5.75 Å². The summed E-state index contributed by atoms with van der Waals surface area (Å²) in [6, 6.07) is 21.3. The molecule has 0 N–H and O–H groups in total. The Morgan fingerprint density at radius 1 is 0.875 bits per heavy atom. The number of nitrogens with zero attached hydrogens (tertiary/aromatic N) is 3. The molecule has 4 aromatic rings. The van der Waals surface area contributed by atoms with Gasteiger partial charge in [-0.2, -0.15) is 0 Å². The van der Waals surface area contributed by atoms with Gasteiger partial charge in [0, 0.05) is 17.0 Å². The average Bonchev–Trinajstić information content (AvgIpc) is 3.24. The first kappa shape index (κ1) is 22.5. The van der Waals surface area contributed by atoms with Crippen LogP contribution in [0.1, 0.15) is 12.5 Å². The van der Waals surface area contributed by atoms with Crippen LogP contribution >= 0.6 is 35.0 Å². The lowest BCUT2D eigenvalue weighted by molar-refractivity contribution is 0.340. The van der Waals surface area contributed by atoms with Crippen molar-refractivity contribution >= 4 is 35.0 Å². The fourth-order valence-electron chi connectivity index (χ4n) is 3.16. The van der Waals surface area contributed by atoms with Gasteiger partial charge in [-0.15, -0.1) is 10.2 Å². The summed E-state index contributed by atoms with van der Waals surface area (Å²) < 4.78 is 12.9. The second kappa shape index (κ2) is 10.3. The molecule has 4 rings (SSSR count). The highest BCUT2D eigenvalue weighted by molar-refractivity contribution is 7.98. The zero-order chi connectivity index (χ0) is 22.5. The number of hydrogen-bond donors (Lipinski definition) is 0. The van der Waals surface area contributed by atoms with E-state index in [1.807, 2.05) is 72.2 Å². The van der Waals surface area contributed by atoms with Crippen molar-refractivity contribution in [1.29, 1.82) is 0 Å². The number of thioether (sulfide) groups is 1. The second-order valence-electron chi connectivity index (χ2n) is 6.83. The summed E-state index contributed by atoms with van der Waals surface area (Å²) in [5.41, 5.74) is 2.94. The van der Waals surface area contributed by atoms with E-state index in [0.29, 0.717) is 22.4 Å². The molecule has 0 unspecified atom stereocenters. The van der Waals surface area contributed by atoms with Gasteiger partial charge in [-0.3, -0.25) is 4.57 Å². The Morgan fingerprint density at radius 3 is 2.25 bits per heavy atom.